The van der Waals surface area contributed by atoms with Crippen LogP contribution in [0.5, 0.6) is 0 Å². The maximum atomic E-state index is 12.4. The first kappa shape index (κ1) is 17.7. The Hall–Kier alpha value is -1.69. The number of hydrogen-bond donors (Lipinski definition) is 2. The fourth-order valence-electron chi connectivity index (χ4n) is 4.60. The minimum atomic E-state index is -3.78. The van der Waals surface area contributed by atoms with Crippen LogP contribution in [0.1, 0.15) is 37.3 Å². The lowest BCUT2D eigenvalue weighted by Gasteiger charge is -2.24. The number of fused-ring (bicyclic) bond motifs is 1. The molecule has 1 saturated heterocycles. The summed E-state index contributed by atoms with van der Waals surface area (Å²) in [5.41, 5.74) is 4.28. The molecular weight excluding hydrogens is 344 g/mol. The third-order valence-corrected chi connectivity index (χ3v) is 6.94. The number of aryl methyl sites for hydroxylation is 1. The number of nitrogens with one attached hydrogen (secondary N) is 1. The van der Waals surface area contributed by atoms with Gasteiger partial charge in [-0.1, -0.05) is 49.7 Å². The zero-order chi connectivity index (χ0) is 18.4. The minimum absolute atomic E-state index is 0.0881. The standard InChI is InChI=1S/C21H26N2O2S/c1-2-3-7-16-10-11-18(26(22,24)25)20(21-12-17(21)13-23-14-21)19(16)15-8-5-4-6-9-15/h4-6,8-11,17,23H,2-3,7,12-14H2,1H3,(H2,22,24,25). The van der Waals surface area contributed by atoms with Crippen molar-refractivity contribution in [2.75, 3.05) is 13.1 Å². The Bertz CT molecular complexity index is 925. The Morgan fingerprint density at radius 1 is 1.19 bits per heavy atom. The fourth-order valence-corrected chi connectivity index (χ4v) is 5.44. The molecule has 2 fully saturated rings. The van der Waals surface area contributed by atoms with Gasteiger partial charge in [-0.2, -0.15) is 0 Å². The third-order valence-electron chi connectivity index (χ3n) is 5.98. The lowest BCUT2D eigenvalue weighted by molar-refractivity contribution is 0.591. The molecule has 2 aliphatic rings. The van der Waals surface area contributed by atoms with E-state index in [1.165, 1.54) is 5.56 Å². The van der Waals surface area contributed by atoms with Crippen LogP contribution in [0, 0.1) is 5.92 Å². The number of nitrogens with two attached hydrogens (primary N) is 1. The van der Waals surface area contributed by atoms with Crippen LogP contribution in [0.15, 0.2) is 47.4 Å². The normalized spacial score (nSPS) is 24.5. The van der Waals surface area contributed by atoms with Crippen molar-refractivity contribution in [1.82, 2.24) is 5.32 Å². The molecule has 138 valence electrons. The zero-order valence-electron chi connectivity index (χ0n) is 15.2. The molecule has 0 spiro atoms. The molecule has 26 heavy (non-hydrogen) atoms. The van der Waals surface area contributed by atoms with Crippen molar-refractivity contribution in [1.29, 1.82) is 0 Å². The Kier molecular flexibility index (Phi) is 4.41. The highest BCUT2D eigenvalue weighted by Gasteiger charge is 2.60. The van der Waals surface area contributed by atoms with E-state index in [9.17, 15) is 8.42 Å². The second-order valence-corrected chi connectivity index (χ2v) is 9.21. The molecule has 2 atom stereocenters. The largest absolute Gasteiger partial charge is 0.316 e. The molecule has 1 saturated carbocycles. The molecule has 0 radical (unpaired) electrons. The Balaban J connectivity index is 2.01. The summed E-state index contributed by atoms with van der Waals surface area (Å²) in [5, 5.41) is 9.10. The van der Waals surface area contributed by atoms with E-state index in [1.807, 2.05) is 24.3 Å². The van der Waals surface area contributed by atoms with E-state index < -0.39 is 10.0 Å². The van der Waals surface area contributed by atoms with Gasteiger partial charge in [-0.05, 0) is 60.0 Å². The topological polar surface area (TPSA) is 72.2 Å². The summed E-state index contributed by atoms with van der Waals surface area (Å²) in [5.74, 6) is 0.506. The average molecular weight is 371 g/mol. The van der Waals surface area contributed by atoms with Crippen molar-refractivity contribution in [3.8, 4) is 11.1 Å². The molecule has 0 aromatic heterocycles. The number of primary sulfonamides is 1. The van der Waals surface area contributed by atoms with Crippen LogP contribution in [-0.2, 0) is 21.9 Å². The molecule has 0 amide bonds. The second kappa shape index (κ2) is 6.48. The van der Waals surface area contributed by atoms with E-state index in [4.69, 9.17) is 5.14 Å². The summed E-state index contributed by atoms with van der Waals surface area (Å²) in [6.45, 7) is 3.97. The van der Waals surface area contributed by atoms with Gasteiger partial charge in [0, 0.05) is 12.0 Å². The van der Waals surface area contributed by atoms with Gasteiger partial charge >= 0.3 is 0 Å². The predicted molar refractivity (Wildman–Crippen MR) is 105 cm³/mol. The fraction of sp³-hybridized carbons (Fsp3) is 0.429. The third kappa shape index (κ3) is 2.88. The van der Waals surface area contributed by atoms with Gasteiger partial charge in [-0.15, -0.1) is 0 Å². The Morgan fingerprint density at radius 2 is 1.96 bits per heavy atom. The summed E-state index contributed by atoms with van der Waals surface area (Å²) in [6, 6.07) is 13.9. The first-order valence-electron chi connectivity index (χ1n) is 9.42. The molecule has 2 aromatic rings. The highest BCUT2D eigenvalue weighted by molar-refractivity contribution is 7.89. The SMILES string of the molecule is CCCCc1ccc(S(N)(=O)=O)c(C23CNCC2C3)c1-c1ccccc1. The van der Waals surface area contributed by atoms with E-state index >= 15 is 0 Å². The van der Waals surface area contributed by atoms with Crippen LogP contribution in [-0.4, -0.2) is 21.5 Å². The molecule has 1 aliphatic heterocycles. The van der Waals surface area contributed by atoms with Gasteiger partial charge in [-0.3, -0.25) is 0 Å². The van der Waals surface area contributed by atoms with Crippen LogP contribution < -0.4 is 10.5 Å². The molecule has 0 bridgehead atoms. The lowest BCUT2D eigenvalue weighted by atomic mass is 9.83. The highest BCUT2D eigenvalue weighted by atomic mass is 32.2. The number of benzene rings is 2. The molecule has 4 nitrogen and oxygen atoms in total. The molecular formula is C21H26N2O2S. The van der Waals surface area contributed by atoms with Crippen molar-refractivity contribution in [3.05, 3.63) is 53.6 Å². The number of unbranched alkanes of at least 4 members (excludes halogenated alkanes) is 1. The van der Waals surface area contributed by atoms with Crippen molar-refractivity contribution in [2.45, 2.75) is 42.9 Å². The first-order chi connectivity index (χ1) is 12.5. The number of sulfonamides is 1. The molecule has 5 heteroatoms. The van der Waals surface area contributed by atoms with Gasteiger partial charge in [0.1, 0.15) is 0 Å². The number of hydrogen-bond acceptors (Lipinski definition) is 3. The van der Waals surface area contributed by atoms with Crippen molar-refractivity contribution in [2.24, 2.45) is 11.1 Å². The molecule has 3 N–H and O–H groups in total. The van der Waals surface area contributed by atoms with Gasteiger partial charge in [0.05, 0.1) is 4.90 Å². The summed E-state index contributed by atoms with van der Waals surface area (Å²) in [7, 11) is -3.78. The maximum absolute atomic E-state index is 12.4. The van der Waals surface area contributed by atoms with Crippen molar-refractivity contribution in [3.63, 3.8) is 0 Å². The molecule has 2 unspecified atom stereocenters. The van der Waals surface area contributed by atoms with Gasteiger partial charge in [0.2, 0.25) is 10.0 Å². The number of rotatable bonds is 6. The van der Waals surface area contributed by atoms with Crippen LogP contribution >= 0.6 is 0 Å². The van der Waals surface area contributed by atoms with Gasteiger partial charge in [-0.25, -0.2) is 13.6 Å². The number of piperidine rings is 1. The van der Waals surface area contributed by atoms with Crippen molar-refractivity contribution < 1.29 is 8.42 Å². The summed E-state index contributed by atoms with van der Waals surface area (Å²) in [6.07, 6.45) is 4.19. The van der Waals surface area contributed by atoms with Crippen molar-refractivity contribution >= 4 is 10.0 Å². The van der Waals surface area contributed by atoms with E-state index in [2.05, 4.69) is 24.4 Å². The summed E-state index contributed by atoms with van der Waals surface area (Å²) >= 11 is 0. The maximum Gasteiger partial charge on any atom is 0.238 e. The summed E-state index contributed by atoms with van der Waals surface area (Å²) in [4.78, 5) is 0.308. The predicted octanol–water partition coefficient (Wildman–Crippen LogP) is 3.20. The van der Waals surface area contributed by atoms with E-state index in [0.29, 0.717) is 10.8 Å². The first-order valence-corrected chi connectivity index (χ1v) is 11.0. The molecule has 2 aromatic carbocycles. The molecule has 1 heterocycles. The molecule has 1 aliphatic carbocycles. The lowest BCUT2D eigenvalue weighted by Crippen LogP contribution is -2.25. The minimum Gasteiger partial charge on any atom is -0.316 e. The van der Waals surface area contributed by atoms with Gasteiger partial charge < -0.3 is 5.32 Å². The van der Waals surface area contributed by atoms with Gasteiger partial charge in [0.25, 0.3) is 0 Å². The Morgan fingerprint density at radius 3 is 2.54 bits per heavy atom. The monoisotopic (exact) mass is 370 g/mol. The smallest absolute Gasteiger partial charge is 0.238 e. The molecule has 4 rings (SSSR count). The second-order valence-electron chi connectivity index (χ2n) is 7.68. The quantitative estimate of drug-likeness (QED) is 0.820. The van der Waals surface area contributed by atoms with Crippen LogP contribution in [0.4, 0.5) is 0 Å². The van der Waals surface area contributed by atoms with Crippen LogP contribution in [0.3, 0.4) is 0 Å². The van der Waals surface area contributed by atoms with E-state index in [0.717, 1.165) is 55.5 Å². The van der Waals surface area contributed by atoms with E-state index in [-0.39, 0.29) is 5.41 Å². The zero-order valence-corrected chi connectivity index (χ0v) is 16.0. The van der Waals surface area contributed by atoms with Crippen LogP contribution in [0.25, 0.3) is 11.1 Å². The van der Waals surface area contributed by atoms with Crippen LogP contribution in [0.2, 0.25) is 0 Å². The van der Waals surface area contributed by atoms with E-state index in [1.54, 1.807) is 6.07 Å². The summed E-state index contributed by atoms with van der Waals surface area (Å²) < 4.78 is 24.9. The van der Waals surface area contributed by atoms with Gasteiger partial charge in [0.15, 0.2) is 0 Å². The Labute approximate surface area is 155 Å². The average Bonchev–Trinajstić information content (AvgIpc) is 3.19. The highest BCUT2D eigenvalue weighted by Crippen LogP contribution is 2.60.